The van der Waals surface area contributed by atoms with Crippen LogP contribution in [0.5, 0.6) is 0 Å². The number of pyridine rings is 1. The van der Waals surface area contributed by atoms with Crippen LogP contribution in [0.1, 0.15) is 34.7 Å². The molecule has 2 aliphatic rings. The summed E-state index contributed by atoms with van der Waals surface area (Å²) in [5.41, 5.74) is 4.39. The number of amides is 1. The minimum Gasteiger partial charge on any atom is -0.351 e. The molecule has 0 aliphatic carbocycles. The first-order valence-corrected chi connectivity index (χ1v) is 13.2. The summed E-state index contributed by atoms with van der Waals surface area (Å²) in [5.74, 6) is 0.837. The highest BCUT2D eigenvalue weighted by molar-refractivity contribution is 5.98. The zero-order valence-corrected chi connectivity index (χ0v) is 21.3. The van der Waals surface area contributed by atoms with Crippen LogP contribution < -0.4 is 0 Å². The summed E-state index contributed by atoms with van der Waals surface area (Å²) in [5, 5.41) is 1.03. The number of piperidine rings is 1. The van der Waals surface area contributed by atoms with E-state index < -0.39 is 0 Å². The van der Waals surface area contributed by atoms with E-state index in [4.69, 9.17) is 4.98 Å². The summed E-state index contributed by atoms with van der Waals surface area (Å²) < 4.78 is 0. The predicted octanol–water partition coefficient (Wildman–Crippen LogP) is 3.46. The molecule has 0 bridgehead atoms. The van der Waals surface area contributed by atoms with Crippen molar-refractivity contribution >= 4 is 16.8 Å². The van der Waals surface area contributed by atoms with E-state index in [1.54, 1.807) is 12.4 Å². The van der Waals surface area contributed by atoms with E-state index in [9.17, 15) is 4.79 Å². The molecule has 4 aromatic rings. The van der Waals surface area contributed by atoms with E-state index in [0.717, 1.165) is 59.9 Å². The quantitative estimate of drug-likeness (QED) is 0.457. The highest BCUT2D eigenvalue weighted by Crippen LogP contribution is 2.22. The molecule has 2 fully saturated rings. The van der Waals surface area contributed by atoms with Crippen LogP contribution in [0.2, 0.25) is 0 Å². The van der Waals surface area contributed by atoms with Gasteiger partial charge in [-0.2, -0.15) is 0 Å². The van der Waals surface area contributed by atoms with Crippen LogP contribution in [0.4, 0.5) is 0 Å². The number of nitrogens with zero attached hydrogens (tertiary/aromatic N) is 6. The van der Waals surface area contributed by atoms with Gasteiger partial charge in [-0.3, -0.25) is 14.7 Å². The first-order chi connectivity index (χ1) is 18.1. The number of hydrogen-bond acceptors (Lipinski definition) is 6. The van der Waals surface area contributed by atoms with Crippen molar-refractivity contribution in [1.29, 1.82) is 0 Å². The minimum atomic E-state index is 0.0900. The van der Waals surface area contributed by atoms with Crippen LogP contribution in [-0.4, -0.2) is 92.9 Å². The van der Waals surface area contributed by atoms with Crippen molar-refractivity contribution in [2.75, 3.05) is 46.3 Å². The maximum atomic E-state index is 13.3. The molecule has 1 amide bonds. The molecule has 8 nitrogen and oxygen atoms in total. The van der Waals surface area contributed by atoms with Gasteiger partial charge in [0.25, 0.3) is 5.91 Å². The van der Waals surface area contributed by atoms with Crippen LogP contribution in [-0.2, 0) is 6.42 Å². The van der Waals surface area contributed by atoms with Crippen LogP contribution >= 0.6 is 0 Å². The van der Waals surface area contributed by atoms with Gasteiger partial charge in [0, 0.05) is 61.9 Å². The molecule has 0 spiro atoms. The van der Waals surface area contributed by atoms with Gasteiger partial charge in [-0.15, -0.1) is 0 Å². The Morgan fingerprint density at radius 3 is 2.54 bits per heavy atom. The lowest BCUT2D eigenvalue weighted by Gasteiger charge is -2.42. The number of piperazine rings is 1. The molecule has 1 aromatic carbocycles. The van der Waals surface area contributed by atoms with Gasteiger partial charge in [0.15, 0.2) is 0 Å². The minimum absolute atomic E-state index is 0.0900. The van der Waals surface area contributed by atoms with Gasteiger partial charge in [-0.25, -0.2) is 9.97 Å². The fourth-order valence-electron chi connectivity index (χ4n) is 5.55. The number of nitrogens with one attached hydrogen (secondary N) is 1. The molecule has 190 valence electrons. The number of fused-ring (bicyclic) bond motifs is 1. The number of aromatic nitrogens is 4. The Hall–Kier alpha value is -3.62. The Balaban J connectivity index is 1.11. The summed E-state index contributed by atoms with van der Waals surface area (Å²) in [7, 11) is 2.20. The predicted molar refractivity (Wildman–Crippen MR) is 144 cm³/mol. The summed E-state index contributed by atoms with van der Waals surface area (Å²) in [6, 6.07) is 16.6. The van der Waals surface area contributed by atoms with Crippen LogP contribution in [0.25, 0.3) is 22.3 Å². The van der Waals surface area contributed by atoms with Crippen molar-refractivity contribution in [2.45, 2.75) is 25.3 Å². The van der Waals surface area contributed by atoms with E-state index in [2.05, 4.69) is 43.9 Å². The lowest BCUT2D eigenvalue weighted by Crippen LogP contribution is -2.54. The second-order valence-electron chi connectivity index (χ2n) is 10.2. The lowest BCUT2D eigenvalue weighted by molar-refractivity contribution is 0.0471. The molecular weight excluding hydrogens is 462 g/mol. The Morgan fingerprint density at radius 1 is 0.919 bits per heavy atom. The number of carbonyl (C=O) groups excluding carboxylic acids is 1. The molecule has 2 saturated heterocycles. The van der Waals surface area contributed by atoms with E-state index in [0.29, 0.717) is 18.2 Å². The number of hydrogen-bond donors (Lipinski definition) is 1. The molecule has 0 atom stereocenters. The second-order valence-corrected chi connectivity index (χ2v) is 10.2. The lowest BCUT2D eigenvalue weighted by atomic mass is 10.0. The van der Waals surface area contributed by atoms with Crippen molar-refractivity contribution < 1.29 is 4.79 Å². The van der Waals surface area contributed by atoms with Gasteiger partial charge in [0.2, 0.25) is 0 Å². The molecule has 8 heteroatoms. The van der Waals surface area contributed by atoms with Gasteiger partial charge in [0.05, 0.1) is 11.4 Å². The number of benzene rings is 1. The summed E-state index contributed by atoms with van der Waals surface area (Å²) in [6.45, 7) is 5.83. The van der Waals surface area contributed by atoms with Crippen molar-refractivity contribution in [1.82, 2.24) is 34.6 Å². The molecule has 37 heavy (non-hydrogen) atoms. The van der Waals surface area contributed by atoms with E-state index in [1.165, 1.54) is 25.9 Å². The molecular formula is C29H33N7O. The number of H-pyrrole nitrogens is 1. The van der Waals surface area contributed by atoms with Gasteiger partial charge in [-0.1, -0.05) is 12.1 Å². The fourth-order valence-corrected chi connectivity index (χ4v) is 5.55. The van der Waals surface area contributed by atoms with Crippen LogP contribution in [0.15, 0.2) is 60.9 Å². The molecule has 1 N–H and O–H groups in total. The van der Waals surface area contributed by atoms with Gasteiger partial charge < -0.3 is 14.8 Å². The maximum Gasteiger partial charge on any atom is 0.270 e. The topological polar surface area (TPSA) is 81.2 Å². The van der Waals surface area contributed by atoms with Crippen molar-refractivity contribution in [2.24, 2.45) is 0 Å². The highest BCUT2D eigenvalue weighted by atomic mass is 16.2. The summed E-state index contributed by atoms with van der Waals surface area (Å²) >= 11 is 0. The standard InChI is InChI=1S/C29H33N7O/c1-34-12-8-23(9-13-34)35-14-16-36(17-15-35)29(37)27-20-22-18-21(5-6-24(22)32-27)19-28-31-11-7-26(33-28)25-4-2-3-10-30-25/h2-7,10-11,18,20,23,32H,8-9,12-17,19H2,1H3. The van der Waals surface area contributed by atoms with Crippen LogP contribution in [0.3, 0.4) is 0 Å². The van der Waals surface area contributed by atoms with Gasteiger partial charge in [-0.05, 0) is 74.9 Å². The SMILES string of the molecule is CN1CCC(N2CCN(C(=O)c3cc4cc(Cc5nccc(-c6ccccn6)n5)ccc4[nH]3)CC2)CC1. The molecule has 2 aliphatic heterocycles. The van der Waals surface area contributed by atoms with Gasteiger partial charge in [0.1, 0.15) is 11.5 Å². The number of carbonyl (C=O) groups is 1. The Bertz CT molecular complexity index is 1370. The molecule has 0 saturated carbocycles. The number of aromatic amines is 1. The maximum absolute atomic E-state index is 13.3. The smallest absolute Gasteiger partial charge is 0.270 e. The van der Waals surface area contributed by atoms with Gasteiger partial charge >= 0.3 is 0 Å². The average Bonchev–Trinajstić information content (AvgIpc) is 3.37. The molecule has 3 aromatic heterocycles. The van der Waals surface area contributed by atoms with Crippen molar-refractivity contribution in [3.63, 3.8) is 0 Å². The first kappa shape index (κ1) is 23.8. The zero-order chi connectivity index (χ0) is 25.2. The largest absolute Gasteiger partial charge is 0.351 e. The van der Waals surface area contributed by atoms with E-state index >= 15 is 0 Å². The first-order valence-electron chi connectivity index (χ1n) is 13.2. The Labute approximate surface area is 217 Å². The number of rotatable bonds is 5. The Kier molecular flexibility index (Phi) is 6.68. The molecule has 6 rings (SSSR count). The molecule has 5 heterocycles. The highest BCUT2D eigenvalue weighted by Gasteiger charge is 2.29. The second kappa shape index (κ2) is 10.4. The Morgan fingerprint density at radius 2 is 1.76 bits per heavy atom. The normalized spacial score (nSPS) is 17.9. The fraction of sp³-hybridized carbons (Fsp3) is 0.379. The molecule has 0 radical (unpaired) electrons. The van der Waals surface area contributed by atoms with E-state index in [1.807, 2.05) is 41.3 Å². The van der Waals surface area contributed by atoms with Crippen LogP contribution in [0, 0.1) is 0 Å². The third kappa shape index (κ3) is 5.26. The third-order valence-corrected chi connectivity index (χ3v) is 7.72. The summed E-state index contributed by atoms with van der Waals surface area (Å²) in [4.78, 5) is 37.2. The molecule has 0 unspecified atom stereocenters. The third-order valence-electron chi connectivity index (χ3n) is 7.72. The van der Waals surface area contributed by atoms with E-state index in [-0.39, 0.29) is 5.91 Å². The number of likely N-dealkylation sites (tertiary alicyclic amines) is 1. The van der Waals surface area contributed by atoms with Crippen molar-refractivity contribution in [3.05, 3.63) is 78.0 Å². The monoisotopic (exact) mass is 495 g/mol. The zero-order valence-electron chi connectivity index (χ0n) is 21.3. The van der Waals surface area contributed by atoms with Crippen molar-refractivity contribution in [3.8, 4) is 11.4 Å². The summed E-state index contributed by atoms with van der Waals surface area (Å²) in [6.07, 6.45) is 6.63. The average molecular weight is 496 g/mol.